The van der Waals surface area contributed by atoms with Crippen LogP contribution >= 0.6 is 46.6 Å². The van der Waals surface area contributed by atoms with Crippen molar-refractivity contribution < 1.29 is 0 Å². The van der Waals surface area contributed by atoms with Gasteiger partial charge in [-0.2, -0.15) is 0 Å². The fourth-order valence-electron chi connectivity index (χ4n) is 3.34. The van der Waals surface area contributed by atoms with Gasteiger partial charge in [-0.25, -0.2) is 9.97 Å². The van der Waals surface area contributed by atoms with E-state index in [1.165, 1.54) is 11.8 Å². The van der Waals surface area contributed by atoms with Crippen molar-refractivity contribution in [1.29, 1.82) is 0 Å². The maximum absolute atomic E-state index is 13.5. The number of likely N-dealkylation sites (N-methyl/N-ethyl adjacent to an activating group) is 1. The quantitative estimate of drug-likeness (QED) is 0.228. The Morgan fingerprint density at radius 1 is 1.03 bits per heavy atom. The van der Waals surface area contributed by atoms with Crippen molar-refractivity contribution in [1.82, 2.24) is 24.0 Å². The Morgan fingerprint density at radius 2 is 1.76 bits per heavy atom. The minimum Gasteiger partial charge on any atom is -0.314 e. The average molecular weight is 523 g/mol. The summed E-state index contributed by atoms with van der Waals surface area (Å²) in [4.78, 5) is 24.8. The van der Waals surface area contributed by atoms with Gasteiger partial charge in [0.1, 0.15) is 0 Å². The summed E-state index contributed by atoms with van der Waals surface area (Å²) in [6, 6.07) is 12.6. The molecule has 0 saturated heterocycles. The molecule has 0 N–H and O–H groups in total. The first-order valence-corrected chi connectivity index (χ1v) is 12.4. The summed E-state index contributed by atoms with van der Waals surface area (Å²) in [6.07, 6.45) is 2.38. The molecule has 0 bridgehead atoms. The number of aryl methyl sites for hydroxylation is 1. The van der Waals surface area contributed by atoms with Crippen molar-refractivity contribution in [3.8, 4) is 5.69 Å². The van der Waals surface area contributed by atoms with Crippen LogP contribution in [-0.4, -0.2) is 50.4 Å². The van der Waals surface area contributed by atoms with E-state index in [2.05, 4.69) is 9.88 Å². The maximum Gasteiger partial charge on any atom is 0.286 e. The molecular formula is C23H22Cl3N5OS. The zero-order chi connectivity index (χ0) is 23.5. The fraction of sp³-hybridized carbons (Fsp3) is 0.261. The Bertz CT molecular complexity index is 1330. The summed E-state index contributed by atoms with van der Waals surface area (Å²) < 4.78 is 3.51. The van der Waals surface area contributed by atoms with Crippen molar-refractivity contribution >= 4 is 57.7 Å². The lowest BCUT2D eigenvalue weighted by Crippen LogP contribution is -2.23. The Kier molecular flexibility index (Phi) is 7.66. The molecule has 10 heteroatoms. The van der Waals surface area contributed by atoms with Crippen LogP contribution in [0.1, 0.15) is 5.56 Å². The van der Waals surface area contributed by atoms with Gasteiger partial charge in [-0.15, -0.1) is 0 Å². The smallest absolute Gasteiger partial charge is 0.286 e. The maximum atomic E-state index is 13.5. The molecule has 0 radical (unpaired) electrons. The number of aromatic nitrogens is 4. The molecule has 0 fully saturated rings. The molecule has 6 nitrogen and oxygen atoms in total. The number of benzene rings is 2. The molecule has 0 saturated carbocycles. The molecule has 172 valence electrons. The first-order chi connectivity index (χ1) is 15.8. The molecule has 0 unspecified atom stereocenters. The van der Waals surface area contributed by atoms with E-state index in [1.807, 2.05) is 30.8 Å². The zero-order valence-corrected chi connectivity index (χ0v) is 21.2. The van der Waals surface area contributed by atoms with Gasteiger partial charge in [-0.3, -0.25) is 9.36 Å². The molecule has 4 rings (SSSR count). The third kappa shape index (κ3) is 5.55. The summed E-state index contributed by atoms with van der Waals surface area (Å²) >= 11 is 19.9. The van der Waals surface area contributed by atoms with E-state index in [9.17, 15) is 4.79 Å². The number of hydrogen-bond acceptors (Lipinski definition) is 5. The third-order valence-corrected chi connectivity index (χ3v) is 6.88. The molecule has 33 heavy (non-hydrogen) atoms. The van der Waals surface area contributed by atoms with Crippen molar-refractivity contribution in [2.45, 2.75) is 18.1 Å². The topological polar surface area (TPSA) is 56.0 Å². The number of imidazole rings is 1. The number of halogens is 3. The molecule has 0 spiro atoms. The van der Waals surface area contributed by atoms with Gasteiger partial charge >= 0.3 is 0 Å². The molecule has 2 heterocycles. The van der Waals surface area contributed by atoms with Crippen LogP contribution in [0, 0.1) is 0 Å². The second-order valence-corrected chi connectivity index (χ2v) is 10.1. The second kappa shape index (κ2) is 10.5. The van der Waals surface area contributed by atoms with Gasteiger partial charge in [0.05, 0.1) is 12.0 Å². The summed E-state index contributed by atoms with van der Waals surface area (Å²) in [5, 5.41) is 2.42. The van der Waals surface area contributed by atoms with Crippen molar-refractivity contribution in [2.75, 3.05) is 26.4 Å². The van der Waals surface area contributed by atoms with Gasteiger partial charge in [0, 0.05) is 33.9 Å². The molecule has 0 aliphatic heterocycles. The van der Waals surface area contributed by atoms with E-state index in [0.29, 0.717) is 55.8 Å². The molecule has 0 aliphatic rings. The van der Waals surface area contributed by atoms with Gasteiger partial charge in [-0.05, 0) is 62.5 Å². The highest BCUT2D eigenvalue weighted by molar-refractivity contribution is 7.99. The van der Waals surface area contributed by atoms with Crippen LogP contribution in [0.15, 0.2) is 58.7 Å². The number of hydrogen-bond donors (Lipinski definition) is 0. The fourth-order valence-corrected chi connectivity index (χ4v) is 4.94. The van der Waals surface area contributed by atoms with Gasteiger partial charge in [0.15, 0.2) is 16.3 Å². The highest BCUT2D eigenvalue weighted by atomic mass is 35.5. The number of rotatable bonds is 8. The monoisotopic (exact) mass is 521 g/mol. The van der Waals surface area contributed by atoms with Crippen LogP contribution in [0.2, 0.25) is 15.1 Å². The summed E-state index contributed by atoms with van der Waals surface area (Å²) in [7, 11) is 4.01. The predicted molar refractivity (Wildman–Crippen MR) is 138 cm³/mol. The van der Waals surface area contributed by atoms with Crippen molar-refractivity contribution in [3.63, 3.8) is 0 Å². The predicted octanol–water partition coefficient (Wildman–Crippen LogP) is 5.44. The number of thioether (sulfide) groups is 1. The third-order valence-electron chi connectivity index (χ3n) is 5.10. The Hall–Kier alpha value is -2.03. The first kappa shape index (κ1) is 24.1. The average Bonchev–Trinajstić information content (AvgIpc) is 3.18. The van der Waals surface area contributed by atoms with E-state index in [4.69, 9.17) is 39.8 Å². The molecule has 2 aromatic heterocycles. The van der Waals surface area contributed by atoms with Crippen LogP contribution < -0.4 is 5.56 Å². The minimum absolute atomic E-state index is 0.210. The molecule has 4 aromatic rings. The van der Waals surface area contributed by atoms with Crippen LogP contribution in [0.3, 0.4) is 0 Å². The number of fused-ring (bicyclic) bond motifs is 1. The molecule has 0 amide bonds. The standard InChI is InChI=1S/C23H22Cl3N5OS/c1-29(2)10-11-30-14-27-20-21(30)28-23(31(22(20)32)18-7-5-16(24)6-8-18)33-12-9-15-3-4-17(25)13-19(15)26/h3-8,13-14H,9-12H2,1-2H3. The Morgan fingerprint density at radius 3 is 2.45 bits per heavy atom. The van der Waals surface area contributed by atoms with Crippen LogP contribution in [0.5, 0.6) is 0 Å². The Balaban J connectivity index is 1.72. The van der Waals surface area contributed by atoms with E-state index < -0.39 is 0 Å². The second-order valence-electron chi connectivity index (χ2n) is 7.76. The lowest BCUT2D eigenvalue weighted by atomic mass is 10.2. The van der Waals surface area contributed by atoms with Crippen LogP contribution in [-0.2, 0) is 13.0 Å². The highest BCUT2D eigenvalue weighted by Crippen LogP contribution is 2.26. The van der Waals surface area contributed by atoms with E-state index in [-0.39, 0.29) is 5.56 Å². The normalized spacial score (nSPS) is 11.6. The van der Waals surface area contributed by atoms with E-state index in [1.54, 1.807) is 41.2 Å². The lowest BCUT2D eigenvalue weighted by Gasteiger charge is -2.14. The van der Waals surface area contributed by atoms with E-state index >= 15 is 0 Å². The largest absolute Gasteiger partial charge is 0.314 e. The Labute approximate surface area is 211 Å². The molecule has 0 atom stereocenters. The van der Waals surface area contributed by atoms with Gasteiger partial charge < -0.3 is 9.47 Å². The summed E-state index contributed by atoms with van der Waals surface area (Å²) in [5.41, 5.74) is 2.39. The molecule has 2 aromatic carbocycles. The lowest BCUT2D eigenvalue weighted by molar-refractivity contribution is 0.386. The minimum atomic E-state index is -0.210. The SMILES string of the molecule is CN(C)CCn1cnc2c(=O)n(-c3ccc(Cl)cc3)c(SCCc3ccc(Cl)cc3Cl)nc21. The van der Waals surface area contributed by atoms with Gasteiger partial charge in [0.25, 0.3) is 5.56 Å². The molecule has 0 aliphatic carbocycles. The van der Waals surface area contributed by atoms with Gasteiger partial charge in [0.2, 0.25) is 0 Å². The van der Waals surface area contributed by atoms with Gasteiger partial charge in [-0.1, -0.05) is 52.6 Å². The van der Waals surface area contributed by atoms with Crippen LogP contribution in [0.25, 0.3) is 16.9 Å². The van der Waals surface area contributed by atoms with E-state index in [0.717, 1.165) is 12.1 Å². The highest BCUT2D eigenvalue weighted by Gasteiger charge is 2.17. The zero-order valence-electron chi connectivity index (χ0n) is 18.1. The van der Waals surface area contributed by atoms with Crippen LogP contribution in [0.4, 0.5) is 0 Å². The van der Waals surface area contributed by atoms with Crippen molar-refractivity contribution in [3.05, 3.63) is 79.8 Å². The summed E-state index contributed by atoms with van der Waals surface area (Å²) in [6.45, 7) is 1.50. The summed E-state index contributed by atoms with van der Waals surface area (Å²) in [5.74, 6) is 0.679. The van der Waals surface area contributed by atoms with Crippen molar-refractivity contribution in [2.24, 2.45) is 0 Å². The first-order valence-electron chi connectivity index (χ1n) is 10.3. The molecular weight excluding hydrogens is 501 g/mol. The number of nitrogens with zero attached hydrogens (tertiary/aromatic N) is 5.